The molecule has 10 nitrogen and oxygen atoms in total. The van der Waals surface area contributed by atoms with Gasteiger partial charge in [0.1, 0.15) is 12.4 Å². The van der Waals surface area contributed by atoms with Gasteiger partial charge in [0.15, 0.2) is 5.82 Å². The molecule has 3 fully saturated rings. The minimum Gasteiger partial charge on any atom is -0.491 e. The van der Waals surface area contributed by atoms with Crippen LogP contribution in [0.25, 0.3) is 0 Å². The van der Waals surface area contributed by atoms with Crippen LogP contribution >= 0.6 is 23.2 Å². The summed E-state index contributed by atoms with van der Waals surface area (Å²) in [6.45, 7) is -0.410. The van der Waals surface area contributed by atoms with Crippen molar-refractivity contribution in [2.45, 2.75) is 30.4 Å². The largest absolute Gasteiger partial charge is 0.491 e. The fraction of sp³-hybridized carbons (Fsp3) is 0.275. The van der Waals surface area contributed by atoms with E-state index in [1.165, 1.54) is 4.90 Å². The third-order valence-corrected chi connectivity index (χ3v) is 11.7. The highest BCUT2D eigenvalue weighted by Crippen LogP contribution is 2.65. The summed E-state index contributed by atoms with van der Waals surface area (Å²) in [7, 11) is 0. The average Bonchev–Trinajstić information content (AvgIpc) is 3.55. The number of ether oxygens (including phenoxy) is 1. The molecule has 3 aromatic carbocycles. The molecule has 55 heavy (non-hydrogen) atoms. The minimum atomic E-state index is -4.75. The summed E-state index contributed by atoms with van der Waals surface area (Å²) in [5.74, 6) is -6.82. The Balaban J connectivity index is 1.33. The Morgan fingerprint density at radius 1 is 0.909 bits per heavy atom. The molecule has 1 saturated carbocycles. The fourth-order valence-corrected chi connectivity index (χ4v) is 9.30. The number of allylic oxidation sites excluding steroid dienone is 2. The molecule has 0 radical (unpaired) electrons. The molecule has 2 saturated heterocycles. The summed E-state index contributed by atoms with van der Waals surface area (Å²) in [5.41, 5.74) is 1.71. The highest BCUT2D eigenvalue weighted by atomic mass is 35.5. The molecule has 15 heteroatoms. The number of imide groups is 2. The van der Waals surface area contributed by atoms with E-state index < -0.39 is 69.5 Å². The lowest BCUT2D eigenvalue weighted by atomic mass is 9.49. The van der Waals surface area contributed by atoms with Crippen LogP contribution in [0.4, 0.5) is 24.7 Å². The van der Waals surface area contributed by atoms with Crippen LogP contribution in [0.15, 0.2) is 103 Å². The Bertz CT molecular complexity index is 2260. The monoisotopic (exact) mass is 790 g/mol. The zero-order valence-corrected chi connectivity index (χ0v) is 30.2. The van der Waals surface area contributed by atoms with Crippen molar-refractivity contribution >= 4 is 58.3 Å². The number of para-hydroxylation sites is 2. The number of pyridine rings is 1. The predicted molar refractivity (Wildman–Crippen MR) is 195 cm³/mol. The maximum absolute atomic E-state index is 15.4. The number of nitrogens with zero attached hydrogens (tertiary/aromatic N) is 3. The van der Waals surface area contributed by atoms with Gasteiger partial charge in [-0.2, -0.15) is 18.2 Å². The second kappa shape index (κ2) is 13.8. The molecule has 3 heterocycles. The zero-order valence-electron chi connectivity index (χ0n) is 28.7. The molecule has 2 aliphatic carbocycles. The van der Waals surface area contributed by atoms with E-state index in [0.29, 0.717) is 45.4 Å². The number of benzene rings is 3. The van der Waals surface area contributed by atoms with Crippen molar-refractivity contribution in [3.8, 4) is 5.75 Å². The van der Waals surface area contributed by atoms with Crippen LogP contribution in [0.2, 0.25) is 10.0 Å². The summed E-state index contributed by atoms with van der Waals surface area (Å²) < 4.78 is 46.5. The maximum atomic E-state index is 15.4. The van der Waals surface area contributed by atoms with Gasteiger partial charge in [-0.1, -0.05) is 83.4 Å². The minimum absolute atomic E-state index is 0.0373. The third kappa shape index (κ3) is 5.78. The van der Waals surface area contributed by atoms with Gasteiger partial charge in [-0.25, -0.2) is 4.98 Å². The molecule has 4 aromatic rings. The molecule has 2 aliphatic heterocycles. The number of carbonyl (C=O) groups is 4. The van der Waals surface area contributed by atoms with E-state index in [1.54, 1.807) is 78.9 Å². The van der Waals surface area contributed by atoms with Gasteiger partial charge >= 0.3 is 6.18 Å². The quantitative estimate of drug-likeness (QED) is 0.145. The third-order valence-electron chi connectivity index (χ3n) is 11.2. The number of hydrazine groups is 1. The van der Waals surface area contributed by atoms with E-state index in [-0.39, 0.29) is 37.8 Å². The number of aliphatic hydroxyl groups is 1. The number of fused-ring (bicyclic) bond motifs is 4. The lowest BCUT2D eigenvalue weighted by molar-refractivity contribution is -0.139. The maximum Gasteiger partial charge on any atom is 0.417 e. The Morgan fingerprint density at radius 2 is 1.62 bits per heavy atom. The van der Waals surface area contributed by atoms with E-state index in [4.69, 9.17) is 27.9 Å². The number of halogens is 5. The van der Waals surface area contributed by atoms with E-state index in [0.717, 1.165) is 5.01 Å². The molecule has 6 atom stereocenters. The smallest absolute Gasteiger partial charge is 0.417 e. The first kappa shape index (κ1) is 36.7. The van der Waals surface area contributed by atoms with E-state index in [9.17, 15) is 32.7 Å². The second-order valence-electron chi connectivity index (χ2n) is 13.9. The number of aromatic nitrogens is 1. The van der Waals surface area contributed by atoms with Crippen molar-refractivity contribution in [1.82, 2.24) is 9.99 Å². The van der Waals surface area contributed by atoms with Crippen LogP contribution in [0.3, 0.4) is 0 Å². The number of amides is 4. The van der Waals surface area contributed by atoms with E-state index in [1.807, 2.05) is 6.08 Å². The van der Waals surface area contributed by atoms with Crippen LogP contribution in [-0.2, 0) is 30.8 Å². The van der Waals surface area contributed by atoms with E-state index >= 15 is 4.79 Å². The standard InChI is InChI=1S/C40H31Cl2F3N4O6/c41-23-12-10-21(11-13-23)39-29(36(52)49(38(39)54)47-34-30(42)18-22(20-46-34)40(43,44)45)19-28-25(33(39)26-8-4-5-9-31(26)55-17-16-50)14-15-27-32(28)37(53)48(35(27)51)24-6-2-1-3-7-24/h1-14,18,20,27-29,32-33,50H,15-17,19H2,(H,46,47). The van der Waals surface area contributed by atoms with Crippen LogP contribution in [0, 0.1) is 23.7 Å². The van der Waals surface area contributed by atoms with Gasteiger partial charge in [-0.05, 0) is 60.7 Å². The van der Waals surface area contributed by atoms with Gasteiger partial charge in [0.25, 0.3) is 11.8 Å². The number of hydrogen-bond acceptors (Lipinski definition) is 8. The van der Waals surface area contributed by atoms with Crippen LogP contribution in [0.1, 0.15) is 35.4 Å². The van der Waals surface area contributed by atoms with Gasteiger partial charge in [0, 0.05) is 22.7 Å². The second-order valence-corrected chi connectivity index (χ2v) is 14.7. The van der Waals surface area contributed by atoms with Crippen molar-refractivity contribution in [2.24, 2.45) is 23.7 Å². The first-order valence-corrected chi connectivity index (χ1v) is 18.2. The molecular weight excluding hydrogens is 760 g/mol. The first-order chi connectivity index (χ1) is 26.4. The van der Waals surface area contributed by atoms with Crippen molar-refractivity contribution in [3.05, 3.63) is 130 Å². The lowest BCUT2D eigenvalue weighted by Crippen LogP contribution is -2.53. The number of anilines is 2. The summed E-state index contributed by atoms with van der Waals surface area (Å²) >= 11 is 12.6. The topological polar surface area (TPSA) is 129 Å². The van der Waals surface area contributed by atoms with Crippen LogP contribution in [0.5, 0.6) is 5.75 Å². The number of hydrogen-bond donors (Lipinski definition) is 2. The average molecular weight is 792 g/mol. The first-order valence-electron chi connectivity index (χ1n) is 17.5. The molecule has 6 unspecified atom stereocenters. The molecule has 4 aliphatic rings. The Hall–Kier alpha value is -5.24. The Morgan fingerprint density at radius 3 is 2.31 bits per heavy atom. The van der Waals surface area contributed by atoms with Gasteiger partial charge in [0.2, 0.25) is 11.8 Å². The zero-order chi connectivity index (χ0) is 38.8. The summed E-state index contributed by atoms with van der Waals surface area (Å²) in [6.07, 6.45) is -2.19. The van der Waals surface area contributed by atoms with Gasteiger partial charge in [0.05, 0.1) is 46.0 Å². The predicted octanol–water partition coefficient (Wildman–Crippen LogP) is 6.97. The molecule has 4 amide bonds. The van der Waals surface area contributed by atoms with Gasteiger partial charge in [-0.3, -0.25) is 29.5 Å². The van der Waals surface area contributed by atoms with Crippen LogP contribution < -0.4 is 15.1 Å². The van der Waals surface area contributed by atoms with Crippen molar-refractivity contribution in [2.75, 3.05) is 23.5 Å². The number of nitrogens with one attached hydrogen (secondary N) is 1. The number of rotatable bonds is 8. The highest BCUT2D eigenvalue weighted by Gasteiger charge is 2.70. The van der Waals surface area contributed by atoms with Crippen molar-refractivity contribution < 1.29 is 42.2 Å². The van der Waals surface area contributed by atoms with Crippen molar-refractivity contribution in [1.29, 1.82) is 0 Å². The SMILES string of the molecule is O=C1C2CC3C(=CCC4C(=O)N(c5ccccc5)C(=O)C43)C(c3ccccc3OCCO)C2(c2ccc(Cl)cc2)C(=O)N1Nc1ncc(C(F)(F)F)cc1Cl. The normalized spacial score (nSPS) is 26.1. The number of alkyl halides is 3. The Kier molecular flexibility index (Phi) is 9.22. The highest BCUT2D eigenvalue weighted by molar-refractivity contribution is 6.33. The van der Waals surface area contributed by atoms with E-state index in [2.05, 4.69) is 10.4 Å². The lowest BCUT2D eigenvalue weighted by Gasteiger charge is -2.50. The summed E-state index contributed by atoms with van der Waals surface area (Å²) in [5, 5.41) is 10.3. The molecule has 0 spiro atoms. The van der Waals surface area contributed by atoms with Gasteiger partial charge in [-0.15, -0.1) is 0 Å². The molecule has 8 rings (SSSR count). The molecule has 0 bridgehead atoms. The fourth-order valence-electron chi connectivity index (χ4n) is 8.96. The molecule has 1 aromatic heterocycles. The van der Waals surface area contributed by atoms with Crippen LogP contribution in [-0.4, -0.2) is 51.9 Å². The van der Waals surface area contributed by atoms with Gasteiger partial charge < -0.3 is 9.84 Å². The molecule has 2 N–H and O–H groups in total. The number of carbonyl (C=O) groups excluding carboxylic acids is 4. The molecule has 282 valence electrons. The summed E-state index contributed by atoms with van der Waals surface area (Å²) in [4.78, 5) is 63.7. The van der Waals surface area contributed by atoms with Crippen molar-refractivity contribution in [3.63, 3.8) is 0 Å². The number of aliphatic hydroxyl groups excluding tert-OH is 1. The summed E-state index contributed by atoms with van der Waals surface area (Å²) in [6, 6.07) is 22.6. The Labute approximate surface area is 322 Å². The molecular formula is C40H31Cl2F3N4O6.